The second-order valence-electron chi connectivity index (χ2n) is 9.05. The van der Waals surface area contributed by atoms with Crippen LogP contribution in [0.2, 0.25) is 0 Å². The Morgan fingerprint density at radius 3 is 2.91 bits per heavy atom. The molecular weight excluding hydrogens is 434 g/mol. The van der Waals surface area contributed by atoms with Crippen LogP contribution in [-0.2, 0) is 11.2 Å². The predicted molar refractivity (Wildman–Crippen MR) is 128 cm³/mol. The van der Waals surface area contributed by atoms with E-state index in [-0.39, 0.29) is 5.92 Å². The summed E-state index contributed by atoms with van der Waals surface area (Å²) in [5.74, 6) is 0.359. The van der Waals surface area contributed by atoms with Crippen LogP contribution in [0.5, 0.6) is 5.75 Å². The summed E-state index contributed by atoms with van der Waals surface area (Å²) >= 11 is 0. The van der Waals surface area contributed by atoms with Crippen LogP contribution in [0, 0.1) is 11.8 Å². The number of aliphatic carboxylic acids is 1. The van der Waals surface area contributed by atoms with Gasteiger partial charge in [-0.1, -0.05) is 0 Å². The number of carboxylic acid groups (broad SMARTS) is 1. The van der Waals surface area contributed by atoms with Crippen molar-refractivity contribution in [1.29, 1.82) is 0 Å². The number of aliphatic hydroxyl groups is 1. The summed E-state index contributed by atoms with van der Waals surface area (Å²) in [6.07, 6.45) is 9.03. The fourth-order valence-electron chi connectivity index (χ4n) is 4.98. The van der Waals surface area contributed by atoms with E-state index in [0.29, 0.717) is 25.1 Å². The topological polar surface area (TPSA) is 109 Å². The molecule has 8 nitrogen and oxygen atoms in total. The number of methoxy groups -OCH3 is 1. The Bertz CT molecular complexity index is 1070. The predicted octanol–water partition coefficient (Wildman–Crippen LogP) is 4.09. The molecule has 0 aliphatic carbocycles. The average molecular weight is 468 g/mol. The molecular formula is C26H33N3O5. The smallest absolute Gasteiger partial charge is 0.308 e. The monoisotopic (exact) mass is 467 g/mol. The number of aromatic nitrogens is 2. The number of pyridine rings is 1. The van der Waals surface area contributed by atoms with Gasteiger partial charge >= 0.3 is 5.97 Å². The number of oxazole rings is 1. The number of aryl methyl sites for hydroxylation is 1. The van der Waals surface area contributed by atoms with E-state index >= 15 is 0 Å². The molecule has 0 amide bonds. The number of aliphatic hydroxyl groups excluding tert-OH is 1. The number of benzene rings is 1. The number of piperidine rings is 1. The van der Waals surface area contributed by atoms with Crippen molar-refractivity contribution in [3.05, 3.63) is 54.4 Å². The first-order chi connectivity index (χ1) is 16.5. The maximum absolute atomic E-state index is 12.0. The van der Waals surface area contributed by atoms with E-state index in [1.165, 1.54) is 0 Å². The first-order valence-corrected chi connectivity index (χ1v) is 12.0. The third-order valence-corrected chi connectivity index (χ3v) is 6.91. The van der Waals surface area contributed by atoms with E-state index in [0.717, 1.165) is 61.1 Å². The van der Waals surface area contributed by atoms with Crippen molar-refractivity contribution < 1.29 is 24.2 Å². The lowest BCUT2D eigenvalue weighted by molar-refractivity contribution is -0.146. The normalized spacial score (nSPS) is 19.8. The summed E-state index contributed by atoms with van der Waals surface area (Å²) in [6, 6.07) is 7.46. The van der Waals surface area contributed by atoms with Crippen LogP contribution < -0.4 is 4.74 Å². The third kappa shape index (κ3) is 5.93. The molecule has 34 heavy (non-hydrogen) atoms. The highest BCUT2D eigenvalue weighted by Gasteiger charge is 2.34. The number of hydrogen-bond acceptors (Lipinski definition) is 7. The lowest BCUT2D eigenvalue weighted by Crippen LogP contribution is -2.44. The maximum Gasteiger partial charge on any atom is 0.308 e. The van der Waals surface area contributed by atoms with Crippen LogP contribution in [0.15, 0.2) is 47.3 Å². The van der Waals surface area contributed by atoms with Crippen molar-refractivity contribution in [3.8, 4) is 5.75 Å². The van der Waals surface area contributed by atoms with Gasteiger partial charge in [0.2, 0.25) is 0 Å². The van der Waals surface area contributed by atoms with Gasteiger partial charge in [-0.3, -0.25) is 9.78 Å². The number of ether oxygens (including phenoxy) is 1. The molecule has 0 bridgehead atoms. The van der Waals surface area contributed by atoms with Crippen molar-refractivity contribution >= 4 is 16.9 Å². The van der Waals surface area contributed by atoms with Gasteiger partial charge in [-0.25, -0.2) is 4.98 Å². The van der Waals surface area contributed by atoms with Crippen LogP contribution in [-0.4, -0.2) is 57.8 Å². The largest absolute Gasteiger partial charge is 0.497 e. The summed E-state index contributed by atoms with van der Waals surface area (Å²) in [5, 5.41) is 21.7. The quantitative estimate of drug-likeness (QED) is 0.406. The average Bonchev–Trinajstić information content (AvgIpc) is 3.38. The van der Waals surface area contributed by atoms with Gasteiger partial charge in [0.1, 0.15) is 12.0 Å². The molecule has 1 aromatic carbocycles. The summed E-state index contributed by atoms with van der Waals surface area (Å²) in [5.41, 5.74) is 1.61. The van der Waals surface area contributed by atoms with Gasteiger partial charge in [-0.15, -0.1) is 0 Å². The second-order valence-corrected chi connectivity index (χ2v) is 9.05. The lowest BCUT2D eigenvalue weighted by Gasteiger charge is -2.37. The molecule has 0 unspecified atom stereocenters. The Hall–Kier alpha value is -2.97. The standard InChI is InChI=1S/C26H33N3O5/c1-33-19-6-7-23-21(16-19)20(9-11-27-23)24(30)8-5-18-10-14-29(17-22(18)26(31)32)13-3-2-4-25-28-12-15-34-25/h6-7,9,11-12,15-16,18,22,24,30H,2-5,8,10,13-14,17H2,1H3,(H,31,32)/t18-,22+,24-/m1/s1. The molecule has 1 fully saturated rings. The number of carbonyl (C=O) groups is 1. The van der Waals surface area contributed by atoms with Crippen LogP contribution in [0.3, 0.4) is 0 Å². The Balaban J connectivity index is 1.31. The molecule has 3 aromatic rings. The van der Waals surface area contributed by atoms with Gasteiger partial charge in [0, 0.05) is 24.5 Å². The zero-order valence-electron chi connectivity index (χ0n) is 19.6. The Kier molecular flexibility index (Phi) is 8.13. The molecule has 8 heteroatoms. The Morgan fingerprint density at radius 1 is 1.26 bits per heavy atom. The second kappa shape index (κ2) is 11.4. The van der Waals surface area contributed by atoms with Crippen molar-refractivity contribution in [2.45, 2.75) is 44.6 Å². The number of fused-ring (bicyclic) bond motifs is 1. The highest BCUT2D eigenvalue weighted by atomic mass is 16.5. The summed E-state index contributed by atoms with van der Waals surface area (Å²) in [6.45, 7) is 2.33. The number of nitrogens with zero attached hydrogens (tertiary/aromatic N) is 3. The highest BCUT2D eigenvalue weighted by Crippen LogP contribution is 2.33. The SMILES string of the molecule is COc1ccc2nccc([C@H](O)CC[C@@H]3CCN(CCCCc4ncco4)C[C@@H]3C(=O)O)c2c1. The summed E-state index contributed by atoms with van der Waals surface area (Å²) in [4.78, 5) is 22.8. The van der Waals surface area contributed by atoms with Crippen molar-refractivity contribution in [2.24, 2.45) is 11.8 Å². The van der Waals surface area contributed by atoms with Gasteiger partial charge in [-0.2, -0.15) is 0 Å². The van der Waals surface area contributed by atoms with Crippen LogP contribution >= 0.6 is 0 Å². The van der Waals surface area contributed by atoms with E-state index < -0.39 is 18.0 Å². The van der Waals surface area contributed by atoms with Gasteiger partial charge < -0.3 is 24.3 Å². The number of rotatable bonds is 11. The highest BCUT2D eigenvalue weighted by molar-refractivity contribution is 5.83. The molecule has 1 aliphatic rings. The number of likely N-dealkylation sites (tertiary alicyclic amines) is 1. The van der Waals surface area contributed by atoms with E-state index in [4.69, 9.17) is 9.15 Å². The maximum atomic E-state index is 12.0. The van der Waals surface area contributed by atoms with Crippen molar-refractivity contribution in [1.82, 2.24) is 14.9 Å². The Labute approximate surface area is 199 Å². The molecule has 3 heterocycles. The Morgan fingerprint density at radius 2 is 2.15 bits per heavy atom. The molecule has 0 saturated carbocycles. The molecule has 0 spiro atoms. The number of unbranched alkanes of at least 4 members (excludes halogenated alkanes) is 1. The minimum atomic E-state index is -0.747. The summed E-state index contributed by atoms with van der Waals surface area (Å²) < 4.78 is 10.6. The molecule has 0 radical (unpaired) electrons. The van der Waals surface area contributed by atoms with Gasteiger partial charge in [0.15, 0.2) is 5.89 Å². The molecule has 2 aromatic heterocycles. The van der Waals surface area contributed by atoms with Crippen molar-refractivity contribution in [2.75, 3.05) is 26.7 Å². The van der Waals surface area contributed by atoms with Gasteiger partial charge in [0.25, 0.3) is 0 Å². The zero-order valence-corrected chi connectivity index (χ0v) is 19.6. The lowest BCUT2D eigenvalue weighted by atomic mass is 9.81. The van der Waals surface area contributed by atoms with E-state index in [2.05, 4.69) is 14.9 Å². The van der Waals surface area contributed by atoms with Crippen molar-refractivity contribution in [3.63, 3.8) is 0 Å². The fourth-order valence-corrected chi connectivity index (χ4v) is 4.98. The number of hydrogen-bond donors (Lipinski definition) is 2. The molecule has 182 valence electrons. The number of carboxylic acids is 1. The minimum Gasteiger partial charge on any atom is -0.497 e. The molecule has 1 saturated heterocycles. The van der Waals surface area contributed by atoms with E-state index in [1.807, 2.05) is 24.3 Å². The van der Waals surface area contributed by atoms with Crippen LogP contribution in [0.4, 0.5) is 0 Å². The first kappa shape index (κ1) is 24.2. The van der Waals surface area contributed by atoms with E-state index in [1.54, 1.807) is 25.8 Å². The van der Waals surface area contributed by atoms with Crippen LogP contribution in [0.25, 0.3) is 10.9 Å². The third-order valence-electron chi connectivity index (χ3n) is 6.91. The molecule has 3 atom stereocenters. The molecule has 2 N–H and O–H groups in total. The zero-order chi connectivity index (χ0) is 23.9. The van der Waals surface area contributed by atoms with Gasteiger partial charge in [0.05, 0.1) is 30.8 Å². The minimum absolute atomic E-state index is 0.0540. The molecule has 1 aliphatic heterocycles. The molecule has 4 rings (SSSR count). The van der Waals surface area contributed by atoms with Gasteiger partial charge in [-0.05, 0) is 80.9 Å². The van der Waals surface area contributed by atoms with Crippen LogP contribution in [0.1, 0.15) is 49.7 Å². The first-order valence-electron chi connectivity index (χ1n) is 12.0. The fraction of sp³-hybridized carbons (Fsp3) is 0.500. The van der Waals surface area contributed by atoms with E-state index in [9.17, 15) is 15.0 Å². The summed E-state index contributed by atoms with van der Waals surface area (Å²) in [7, 11) is 1.61.